The van der Waals surface area contributed by atoms with E-state index in [1.165, 1.54) is 10.4 Å². The largest absolute Gasteiger partial charge is 0.493 e. The minimum absolute atomic E-state index is 0. The number of thiazole rings is 1. The van der Waals surface area contributed by atoms with Crippen molar-refractivity contribution in [3.05, 3.63) is 39.3 Å². The molecule has 0 atom stereocenters. The summed E-state index contributed by atoms with van der Waals surface area (Å²) in [6, 6.07) is 6.06. The lowest BCUT2D eigenvalue weighted by molar-refractivity contribution is 0.353. The fourth-order valence-corrected chi connectivity index (χ4v) is 3.62. The Morgan fingerprint density at radius 2 is 1.83 bits per heavy atom. The van der Waals surface area contributed by atoms with E-state index in [1.807, 2.05) is 19.1 Å². The molecule has 1 aromatic carbocycles. The lowest BCUT2D eigenvalue weighted by Gasteiger charge is -2.27. The van der Waals surface area contributed by atoms with Gasteiger partial charge in [-0.3, -0.25) is 0 Å². The molecule has 2 rings (SSSR count). The average Bonchev–Trinajstić information content (AvgIpc) is 3.01. The molecule has 0 spiro atoms. The molecule has 29 heavy (non-hydrogen) atoms. The number of methoxy groups -OCH3 is 2. The zero-order valence-corrected chi connectivity index (χ0v) is 21.5. The van der Waals surface area contributed by atoms with Crippen molar-refractivity contribution in [2.45, 2.75) is 46.6 Å². The molecule has 0 aliphatic carbocycles. The molecule has 6 nitrogen and oxygen atoms in total. The number of nitrogens with one attached hydrogen (secondary N) is 2. The van der Waals surface area contributed by atoms with E-state index in [1.54, 1.807) is 25.6 Å². The number of ether oxygens (including phenoxy) is 2. The number of benzene rings is 1. The summed E-state index contributed by atoms with van der Waals surface area (Å²) < 4.78 is 10.8. The van der Waals surface area contributed by atoms with Gasteiger partial charge < -0.3 is 20.1 Å². The second-order valence-electron chi connectivity index (χ2n) is 7.25. The molecule has 0 bridgehead atoms. The maximum absolute atomic E-state index is 5.45. The number of halogens is 1. The van der Waals surface area contributed by atoms with Crippen LogP contribution in [-0.2, 0) is 12.0 Å². The molecule has 0 fully saturated rings. The molecule has 0 aliphatic heterocycles. The average molecular weight is 532 g/mol. The molecule has 162 valence electrons. The van der Waals surface area contributed by atoms with Gasteiger partial charge in [-0.25, -0.2) is 9.98 Å². The highest BCUT2D eigenvalue weighted by Gasteiger charge is 2.22. The number of aryl methyl sites for hydroxylation is 2. The normalized spacial score (nSPS) is 11.6. The first-order chi connectivity index (χ1) is 13.3. The second-order valence-corrected chi connectivity index (χ2v) is 8.54. The first-order valence-electron chi connectivity index (χ1n) is 9.48. The molecular weight excluding hydrogens is 499 g/mol. The summed E-state index contributed by atoms with van der Waals surface area (Å²) in [5, 5.41) is 7.80. The molecule has 0 amide bonds. The Labute approximate surface area is 195 Å². The first-order valence-corrected chi connectivity index (χ1v) is 10.3. The highest BCUT2D eigenvalue weighted by Crippen LogP contribution is 2.32. The van der Waals surface area contributed by atoms with Crippen molar-refractivity contribution in [3.63, 3.8) is 0 Å². The van der Waals surface area contributed by atoms with Gasteiger partial charge in [0.2, 0.25) is 0 Å². The molecule has 2 N–H and O–H groups in total. The van der Waals surface area contributed by atoms with E-state index in [2.05, 4.69) is 49.4 Å². The maximum atomic E-state index is 5.45. The van der Waals surface area contributed by atoms with Gasteiger partial charge in [-0.15, -0.1) is 35.3 Å². The smallest absolute Gasteiger partial charge is 0.191 e. The summed E-state index contributed by atoms with van der Waals surface area (Å²) in [7, 11) is 3.31. The molecule has 0 saturated carbocycles. The van der Waals surface area contributed by atoms with Crippen LogP contribution in [0.3, 0.4) is 0 Å². The number of nitrogens with zero attached hydrogens (tertiary/aromatic N) is 2. The van der Waals surface area contributed by atoms with Crippen molar-refractivity contribution in [3.8, 4) is 11.5 Å². The molecule has 8 heteroatoms. The molecule has 1 aromatic heterocycles. The van der Waals surface area contributed by atoms with Crippen LogP contribution in [0.15, 0.2) is 23.2 Å². The molecule has 2 aromatic rings. The SMILES string of the molecule is CCNC(=NCc1nc(C)c(C)s1)NCC(C)(C)c1ccc(OC)c(OC)c1.I. The van der Waals surface area contributed by atoms with Crippen molar-refractivity contribution in [1.29, 1.82) is 0 Å². The quantitative estimate of drug-likeness (QED) is 0.299. The molecule has 0 unspecified atom stereocenters. The zero-order chi connectivity index (χ0) is 20.7. The van der Waals surface area contributed by atoms with Gasteiger partial charge in [0.15, 0.2) is 17.5 Å². The van der Waals surface area contributed by atoms with Crippen LogP contribution in [0, 0.1) is 13.8 Å². The van der Waals surface area contributed by atoms with Gasteiger partial charge in [0.05, 0.1) is 26.5 Å². The number of hydrogen-bond acceptors (Lipinski definition) is 5. The van der Waals surface area contributed by atoms with Gasteiger partial charge in [-0.05, 0) is 38.5 Å². The van der Waals surface area contributed by atoms with Crippen LogP contribution in [0.4, 0.5) is 0 Å². The highest BCUT2D eigenvalue weighted by atomic mass is 127. The van der Waals surface area contributed by atoms with Crippen LogP contribution in [0.1, 0.15) is 41.9 Å². The predicted molar refractivity (Wildman–Crippen MR) is 132 cm³/mol. The van der Waals surface area contributed by atoms with Crippen molar-refractivity contribution < 1.29 is 9.47 Å². The summed E-state index contributed by atoms with van der Waals surface area (Å²) in [6.45, 7) is 12.7. The maximum Gasteiger partial charge on any atom is 0.191 e. The first kappa shape index (κ1) is 25.5. The fraction of sp³-hybridized carbons (Fsp3) is 0.524. The van der Waals surface area contributed by atoms with Crippen LogP contribution < -0.4 is 20.1 Å². The third-order valence-corrected chi connectivity index (χ3v) is 5.71. The summed E-state index contributed by atoms with van der Waals surface area (Å²) in [4.78, 5) is 10.5. The van der Waals surface area contributed by atoms with E-state index in [9.17, 15) is 0 Å². The Morgan fingerprint density at radius 1 is 1.14 bits per heavy atom. The van der Waals surface area contributed by atoms with Crippen molar-refractivity contribution >= 4 is 41.3 Å². The number of rotatable bonds is 8. The molecular formula is C21H33IN4O2S. The predicted octanol–water partition coefficient (Wildman–Crippen LogP) is 4.43. The van der Waals surface area contributed by atoms with Crippen LogP contribution in [0.5, 0.6) is 11.5 Å². The van der Waals surface area contributed by atoms with Gasteiger partial charge in [0, 0.05) is 23.4 Å². The lowest BCUT2D eigenvalue weighted by atomic mass is 9.84. The summed E-state index contributed by atoms with van der Waals surface area (Å²) in [6.07, 6.45) is 0. The van der Waals surface area contributed by atoms with E-state index in [-0.39, 0.29) is 29.4 Å². The van der Waals surface area contributed by atoms with Crippen LogP contribution in [0.2, 0.25) is 0 Å². The third kappa shape index (κ3) is 7.02. The Hall–Kier alpha value is -1.55. The molecule has 0 radical (unpaired) electrons. The number of hydrogen-bond donors (Lipinski definition) is 2. The molecule has 0 saturated heterocycles. The molecule has 1 heterocycles. The minimum Gasteiger partial charge on any atom is -0.493 e. The van der Waals surface area contributed by atoms with Gasteiger partial charge in [-0.1, -0.05) is 19.9 Å². The van der Waals surface area contributed by atoms with Crippen LogP contribution in [0.25, 0.3) is 0 Å². The van der Waals surface area contributed by atoms with Gasteiger partial charge >= 0.3 is 0 Å². The fourth-order valence-electron chi connectivity index (χ4n) is 2.76. The number of aliphatic imine (C=N–C) groups is 1. The number of guanidine groups is 1. The summed E-state index contributed by atoms with van der Waals surface area (Å²) in [5.74, 6) is 2.27. The Morgan fingerprint density at radius 3 is 2.38 bits per heavy atom. The van der Waals surface area contributed by atoms with Crippen molar-refractivity contribution in [1.82, 2.24) is 15.6 Å². The van der Waals surface area contributed by atoms with E-state index in [0.717, 1.165) is 41.2 Å². The monoisotopic (exact) mass is 532 g/mol. The van der Waals surface area contributed by atoms with Gasteiger partial charge in [0.25, 0.3) is 0 Å². The van der Waals surface area contributed by atoms with E-state index in [0.29, 0.717) is 6.54 Å². The van der Waals surface area contributed by atoms with E-state index < -0.39 is 0 Å². The topological polar surface area (TPSA) is 67.8 Å². The Kier molecular flexibility index (Phi) is 10.2. The van der Waals surface area contributed by atoms with E-state index >= 15 is 0 Å². The standard InChI is InChI=1S/C21H32N4O2S.HI/c1-8-22-20(23-12-19-25-14(2)15(3)28-19)24-13-21(4,5)16-9-10-17(26-6)18(11-16)27-7;/h9-11H,8,12-13H2,1-7H3,(H2,22,23,24);1H. The minimum atomic E-state index is -0.121. The summed E-state index contributed by atoms with van der Waals surface area (Å²) >= 11 is 1.70. The van der Waals surface area contributed by atoms with Crippen LogP contribution >= 0.6 is 35.3 Å². The highest BCUT2D eigenvalue weighted by molar-refractivity contribution is 14.0. The number of aromatic nitrogens is 1. The molecule has 0 aliphatic rings. The second kappa shape index (κ2) is 11.6. The Balaban J connectivity index is 0.00000420. The van der Waals surface area contributed by atoms with Gasteiger partial charge in [-0.2, -0.15) is 0 Å². The zero-order valence-electron chi connectivity index (χ0n) is 18.4. The van der Waals surface area contributed by atoms with Crippen molar-refractivity contribution in [2.24, 2.45) is 4.99 Å². The van der Waals surface area contributed by atoms with E-state index in [4.69, 9.17) is 14.5 Å². The van der Waals surface area contributed by atoms with Crippen molar-refractivity contribution in [2.75, 3.05) is 27.3 Å². The Bertz CT molecular complexity index is 802. The lowest BCUT2D eigenvalue weighted by Crippen LogP contribution is -2.43. The van der Waals surface area contributed by atoms with Gasteiger partial charge in [0.1, 0.15) is 5.01 Å². The third-order valence-electron chi connectivity index (χ3n) is 4.65. The summed E-state index contributed by atoms with van der Waals surface area (Å²) in [5.41, 5.74) is 2.13. The van der Waals surface area contributed by atoms with Crippen LogP contribution in [-0.4, -0.2) is 38.3 Å².